The van der Waals surface area contributed by atoms with Crippen LogP contribution < -0.4 is 10.1 Å². The SMILES string of the molecule is O=C(N[C@@H](c1ccc(Cl)cc1)c1ccccn1)C1CCN(CCOc2ccc3ncsc3c2)CC1. The van der Waals surface area contributed by atoms with Crippen LogP contribution in [0.15, 0.2) is 72.4 Å². The van der Waals surface area contributed by atoms with E-state index in [1.165, 1.54) is 0 Å². The van der Waals surface area contributed by atoms with Crippen LogP contribution in [0.25, 0.3) is 10.2 Å². The number of fused-ring (bicyclic) bond motifs is 1. The minimum absolute atomic E-state index is 0.0144. The van der Waals surface area contributed by atoms with Crippen LogP contribution in [-0.2, 0) is 4.79 Å². The monoisotopic (exact) mass is 506 g/mol. The van der Waals surface area contributed by atoms with Gasteiger partial charge in [-0.15, -0.1) is 11.3 Å². The number of benzene rings is 2. The predicted octanol–water partition coefficient (Wildman–Crippen LogP) is 5.34. The van der Waals surface area contributed by atoms with Crippen LogP contribution in [0.4, 0.5) is 0 Å². The number of thiazole rings is 1. The number of ether oxygens (including phenoxy) is 1. The Hall–Kier alpha value is -3.00. The summed E-state index contributed by atoms with van der Waals surface area (Å²) in [6, 6.07) is 19.0. The van der Waals surface area contributed by atoms with E-state index >= 15 is 0 Å². The van der Waals surface area contributed by atoms with E-state index in [1.54, 1.807) is 17.5 Å². The molecule has 180 valence electrons. The largest absolute Gasteiger partial charge is 0.492 e. The molecule has 6 nitrogen and oxygen atoms in total. The van der Waals surface area contributed by atoms with E-state index in [2.05, 4.69) is 20.2 Å². The number of rotatable bonds is 8. The standard InChI is InChI=1S/C27H27ClN4O2S/c28-21-6-4-19(5-7-21)26(24-3-1-2-12-29-24)31-27(33)20-10-13-32(14-11-20)15-16-34-22-8-9-23-25(17-22)35-18-30-23/h1-9,12,17-18,20,26H,10-11,13-16H2,(H,31,33)/t26-/m0/s1. The average Bonchev–Trinajstić information content (AvgIpc) is 3.37. The first-order chi connectivity index (χ1) is 17.2. The highest BCUT2D eigenvalue weighted by molar-refractivity contribution is 7.16. The molecule has 1 atom stereocenters. The molecule has 35 heavy (non-hydrogen) atoms. The lowest BCUT2D eigenvalue weighted by Gasteiger charge is -2.32. The summed E-state index contributed by atoms with van der Waals surface area (Å²) in [4.78, 5) is 24.4. The molecule has 1 aliphatic rings. The highest BCUT2D eigenvalue weighted by atomic mass is 35.5. The second kappa shape index (κ2) is 11.2. The molecule has 1 N–H and O–H groups in total. The Bertz CT molecular complexity index is 1260. The predicted molar refractivity (Wildman–Crippen MR) is 140 cm³/mol. The maximum absolute atomic E-state index is 13.2. The number of likely N-dealkylation sites (tertiary alicyclic amines) is 1. The van der Waals surface area contributed by atoms with Crippen molar-refractivity contribution in [3.63, 3.8) is 0 Å². The van der Waals surface area contributed by atoms with Crippen molar-refractivity contribution in [3.8, 4) is 5.75 Å². The van der Waals surface area contributed by atoms with Gasteiger partial charge in [-0.3, -0.25) is 14.7 Å². The van der Waals surface area contributed by atoms with E-state index in [0.717, 1.165) is 59.7 Å². The molecule has 0 saturated carbocycles. The molecule has 1 aliphatic heterocycles. The third kappa shape index (κ3) is 5.99. The number of nitrogens with zero attached hydrogens (tertiary/aromatic N) is 3. The highest BCUT2D eigenvalue weighted by Gasteiger charge is 2.27. The smallest absolute Gasteiger partial charge is 0.224 e. The summed E-state index contributed by atoms with van der Waals surface area (Å²) in [5.74, 6) is 0.933. The van der Waals surface area contributed by atoms with Gasteiger partial charge in [-0.25, -0.2) is 4.98 Å². The third-order valence-corrected chi connectivity index (χ3v) is 7.45. The number of aromatic nitrogens is 2. The van der Waals surface area contributed by atoms with Gasteiger partial charge in [0.2, 0.25) is 5.91 Å². The third-order valence-electron chi connectivity index (χ3n) is 6.41. The number of amides is 1. The Morgan fingerprint density at radius 2 is 1.94 bits per heavy atom. The topological polar surface area (TPSA) is 67.4 Å². The van der Waals surface area contributed by atoms with E-state index in [-0.39, 0.29) is 17.9 Å². The average molecular weight is 507 g/mol. The van der Waals surface area contributed by atoms with Crippen molar-refractivity contribution in [1.29, 1.82) is 0 Å². The number of piperidine rings is 1. The first-order valence-electron chi connectivity index (χ1n) is 11.8. The summed E-state index contributed by atoms with van der Waals surface area (Å²) < 4.78 is 7.10. The molecule has 5 rings (SSSR count). The zero-order valence-electron chi connectivity index (χ0n) is 19.3. The van der Waals surface area contributed by atoms with Crippen molar-refractivity contribution >= 4 is 39.1 Å². The van der Waals surface area contributed by atoms with Crippen molar-refractivity contribution in [2.75, 3.05) is 26.2 Å². The molecule has 2 aromatic carbocycles. The number of nitrogens with one attached hydrogen (secondary N) is 1. The molecular formula is C27H27ClN4O2S. The molecule has 4 aromatic rings. The van der Waals surface area contributed by atoms with Gasteiger partial charge in [0.15, 0.2) is 0 Å². The zero-order valence-corrected chi connectivity index (χ0v) is 20.8. The van der Waals surface area contributed by atoms with Gasteiger partial charge < -0.3 is 10.1 Å². The summed E-state index contributed by atoms with van der Waals surface area (Å²) in [6.07, 6.45) is 3.41. The quantitative estimate of drug-likeness (QED) is 0.349. The van der Waals surface area contributed by atoms with Gasteiger partial charge in [0.1, 0.15) is 12.4 Å². The van der Waals surface area contributed by atoms with Crippen molar-refractivity contribution in [1.82, 2.24) is 20.2 Å². The Morgan fingerprint density at radius 3 is 2.71 bits per heavy atom. The lowest BCUT2D eigenvalue weighted by atomic mass is 9.94. The molecule has 3 heterocycles. The minimum Gasteiger partial charge on any atom is -0.492 e. The van der Waals surface area contributed by atoms with E-state index in [4.69, 9.17) is 16.3 Å². The van der Waals surface area contributed by atoms with Crippen LogP contribution in [0.2, 0.25) is 5.02 Å². The molecule has 0 aliphatic carbocycles. The van der Waals surface area contributed by atoms with E-state index in [1.807, 2.05) is 66.2 Å². The normalized spacial score (nSPS) is 15.7. The van der Waals surface area contributed by atoms with Gasteiger partial charge in [-0.2, -0.15) is 0 Å². The molecule has 0 bridgehead atoms. The zero-order chi connectivity index (χ0) is 24.0. The lowest BCUT2D eigenvalue weighted by molar-refractivity contribution is -0.127. The fourth-order valence-electron chi connectivity index (χ4n) is 4.43. The molecule has 0 radical (unpaired) electrons. The minimum atomic E-state index is -0.303. The van der Waals surface area contributed by atoms with Crippen LogP contribution in [0.5, 0.6) is 5.75 Å². The molecule has 0 unspecified atom stereocenters. The molecule has 1 fully saturated rings. The number of pyridine rings is 1. The van der Waals surface area contributed by atoms with Crippen LogP contribution in [0.1, 0.15) is 30.1 Å². The molecule has 1 amide bonds. The van der Waals surface area contributed by atoms with Crippen LogP contribution >= 0.6 is 22.9 Å². The fraction of sp³-hybridized carbons (Fsp3) is 0.296. The number of carbonyl (C=O) groups is 1. The Kier molecular flexibility index (Phi) is 7.57. The molecule has 2 aromatic heterocycles. The number of carbonyl (C=O) groups excluding carboxylic acids is 1. The number of hydrogen-bond donors (Lipinski definition) is 1. The van der Waals surface area contributed by atoms with Gasteiger partial charge in [-0.05, 0) is 74.0 Å². The molecule has 8 heteroatoms. The highest BCUT2D eigenvalue weighted by Crippen LogP contribution is 2.26. The maximum atomic E-state index is 13.2. The van der Waals surface area contributed by atoms with Crippen molar-refractivity contribution < 1.29 is 9.53 Å². The van der Waals surface area contributed by atoms with Crippen molar-refractivity contribution in [2.45, 2.75) is 18.9 Å². The second-order valence-corrected chi connectivity index (χ2v) is 10.0. The Balaban J connectivity index is 1.13. The van der Waals surface area contributed by atoms with Gasteiger partial charge >= 0.3 is 0 Å². The van der Waals surface area contributed by atoms with Gasteiger partial charge in [0.25, 0.3) is 0 Å². The molecule has 1 saturated heterocycles. The Labute approximate surface area is 213 Å². The van der Waals surface area contributed by atoms with E-state index in [0.29, 0.717) is 11.6 Å². The van der Waals surface area contributed by atoms with Crippen molar-refractivity contribution in [2.24, 2.45) is 5.92 Å². The second-order valence-electron chi connectivity index (χ2n) is 8.69. The summed E-state index contributed by atoms with van der Waals surface area (Å²) >= 11 is 7.69. The van der Waals surface area contributed by atoms with E-state index < -0.39 is 0 Å². The maximum Gasteiger partial charge on any atom is 0.224 e. The first-order valence-corrected chi connectivity index (χ1v) is 13.1. The lowest BCUT2D eigenvalue weighted by Crippen LogP contribution is -2.42. The molecular weight excluding hydrogens is 480 g/mol. The van der Waals surface area contributed by atoms with Gasteiger partial charge in [0, 0.05) is 23.7 Å². The summed E-state index contributed by atoms with van der Waals surface area (Å²) in [5.41, 5.74) is 4.63. The van der Waals surface area contributed by atoms with E-state index in [9.17, 15) is 4.79 Å². The molecule has 0 spiro atoms. The van der Waals surface area contributed by atoms with Crippen LogP contribution in [0, 0.1) is 5.92 Å². The summed E-state index contributed by atoms with van der Waals surface area (Å²) in [5, 5.41) is 3.91. The van der Waals surface area contributed by atoms with Crippen LogP contribution in [0.3, 0.4) is 0 Å². The van der Waals surface area contributed by atoms with Crippen molar-refractivity contribution in [3.05, 3.63) is 88.7 Å². The summed E-state index contributed by atoms with van der Waals surface area (Å²) in [6.45, 7) is 3.23. The van der Waals surface area contributed by atoms with Crippen LogP contribution in [-0.4, -0.2) is 47.0 Å². The Morgan fingerprint density at radius 1 is 1.11 bits per heavy atom. The first kappa shape index (κ1) is 23.7. The van der Waals surface area contributed by atoms with Gasteiger partial charge in [0.05, 0.1) is 27.5 Å². The summed E-state index contributed by atoms with van der Waals surface area (Å²) in [7, 11) is 0. The van der Waals surface area contributed by atoms with Gasteiger partial charge in [-0.1, -0.05) is 29.8 Å². The fourth-order valence-corrected chi connectivity index (χ4v) is 5.26. The number of hydrogen-bond acceptors (Lipinski definition) is 6. The number of halogens is 1.